The van der Waals surface area contributed by atoms with Crippen LogP contribution in [-0.2, 0) is 11.3 Å². The summed E-state index contributed by atoms with van der Waals surface area (Å²) in [6, 6.07) is 16.1. The number of carbonyl (C=O) groups is 1. The number of nitro benzene ring substituents is 1. The van der Waals surface area contributed by atoms with Gasteiger partial charge in [0.25, 0.3) is 5.69 Å². The lowest BCUT2D eigenvalue weighted by molar-refractivity contribution is -0.385. The molecule has 29 heavy (non-hydrogen) atoms. The lowest BCUT2D eigenvalue weighted by Crippen LogP contribution is -2.32. The van der Waals surface area contributed by atoms with Gasteiger partial charge < -0.3 is 15.0 Å². The molecule has 0 spiro atoms. The van der Waals surface area contributed by atoms with Crippen molar-refractivity contribution in [2.45, 2.75) is 13.5 Å². The molecule has 3 aromatic rings. The maximum absolute atomic E-state index is 12.7. The monoisotopic (exact) mass is 411 g/mol. The number of methoxy groups -OCH3 is 1. The summed E-state index contributed by atoms with van der Waals surface area (Å²) >= 11 is 1.62. The van der Waals surface area contributed by atoms with Crippen LogP contribution in [0.4, 0.5) is 17.1 Å². The molecule has 1 aromatic heterocycles. The van der Waals surface area contributed by atoms with Crippen molar-refractivity contribution in [3.63, 3.8) is 0 Å². The summed E-state index contributed by atoms with van der Waals surface area (Å²) in [7, 11) is 1.60. The average Bonchev–Trinajstić information content (AvgIpc) is 3.22. The van der Waals surface area contributed by atoms with Gasteiger partial charge in [-0.05, 0) is 48.7 Å². The molecule has 0 saturated carbocycles. The van der Waals surface area contributed by atoms with E-state index in [2.05, 4.69) is 5.32 Å². The van der Waals surface area contributed by atoms with E-state index in [0.29, 0.717) is 17.8 Å². The van der Waals surface area contributed by atoms with Gasteiger partial charge in [-0.3, -0.25) is 14.9 Å². The van der Waals surface area contributed by atoms with E-state index >= 15 is 0 Å². The predicted octanol–water partition coefficient (Wildman–Crippen LogP) is 4.62. The van der Waals surface area contributed by atoms with Gasteiger partial charge in [0.15, 0.2) is 0 Å². The summed E-state index contributed by atoms with van der Waals surface area (Å²) in [5.74, 6) is 0.488. The van der Waals surface area contributed by atoms with E-state index in [-0.39, 0.29) is 18.1 Å². The van der Waals surface area contributed by atoms with Gasteiger partial charge in [0, 0.05) is 16.6 Å². The number of nitro groups is 1. The van der Waals surface area contributed by atoms with Crippen molar-refractivity contribution in [2.24, 2.45) is 0 Å². The topological polar surface area (TPSA) is 84.7 Å². The fourth-order valence-electron chi connectivity index (χ4n) is 2.94. The summed E-state index contributed by atoms with van der Waals surface area (Å²) < 4.78 is 5.21. The Kier molecular flexibility index (Phi) is 6.46. The summed E-state index contributed by atoms with van der Waals surface area (Å²) in [5.41, 5.74) is 1.73. The molecule has 0 bridgehead atoms. The summed E-state index contributed by atoms with van der Waals surface area (Å²) in [6.07, 6.45) is 0. The number of rotatable bonds is 8. The Balaban J connectivity index is 1.79. The molecule has 1 amide bonds. The van der Waals surface area contributed by atoms with E-state index in [1.165, 1.54) is 6.07 Å². The highest BCUT2D eigenvalue weighted by Crippen LogP contribution is 2.26. The number of hydrogen-bond donors (Lipinski definition) is 1. The van der Waals surface area contributed by atoms with Crippen LogP contribution in [0.2, 0.25) is 0 Å². The third-order valence-corrected chi connectivity index (χ3v) is 5.34. The maximum atomic E-state index is 12.7. The Labute approximate surface area is 172 Å². The molecule has 0 aliphatic heterocycles. The van der Waals surface area contributed by atoms with Crippen LogP contribution in [-0.4, -0.2) is 24.5 Å². The van der Waals surface area contributed by atoms with Crippen molar-refractivity contribution in [2.75, 3.05) is 23.9 Å². The molecule has 0 radical (unpaired) electrons. The van der Waals surface area contributed by atoms with Crippen LogP contribution in [0.5, 0.6) is 5.75 Å². The fourth-order valence-corrected chi connectivity index (χ4v) is 3.66. The average molecular weight is 411 g/mol. The number of hydrogen-bond acceptors (Lipinski definition) is 6. The first-order valence-electron chi connectivity index (χ1n) is 8.93. The van der Waals surface area contributed by atoms with Gasteiger partial charge in [-0.15, -0.1) is 11.3 Å². The Morgan fingerprint density at radius 3 is 2.55 bits per heavy atom. The lowest BCUT2D eigenvalue weighted by Gasteiger charge is -2.24. The maximum Gasteiger partial charge on any atom is 0.274 e. The minimum Gasteiger partial charge on any atom is -0.497 e. The van der Waals surface area contributed by atoms with Crippen molar-refractivity contribution in [1.29, 1.82) is 0 Å². The molecule has 8 heteroatoms. The molecule has 1 N–H and O–H groups in total. The van der Waals surface area contributed by atoms with Crippen molar-refractivity contribution in [3.05, 3.63) is 80.5 Å². The highest BCUT2D eigenvalue weighted by Gasteiger charge is 2.17. The van der Waals surface area contributed by atoms with Gasteiger partial charge in [0.1, 0.15) is 5.75 Å². The molecular formula is C21H21N3O4S. The smallest absolute Gasteiger partial charge is 0.274 e. The van der Waals surface area contributed by atoms with Gasteiger partial charge in [0.2, 0.25) is 5.91 Å². The molecule has 0 unspecified atom stereocenters. The van der Waals surface area contributed by atoms with Gasteiger partial charge in [0.05, 0.1) is 36.4 Å². The Hall–Kier alpha value is -3.39. The number of nitrogens with zero attached hydrogens (tertiary/aromatic N) is 2. The predicted molar refractivity (Wildman–Crippen MR) is 115 cm³/mol. The Morgan fingerprint density at radius 2 is 1.93 bits per heavy atom. The Bertz CT molecular complexity index is 988. The van der Waals surface area contributed by atoms with E-state index in [1.807, 2.05) is 46.7 Å². The second-order valence-electron chi connectivity index (χ2n) is 6.39. The third-order valence-electron chi connectivity index (χ3n) is 4.47. The van der Waals surface area contributed by atoms with Crippen LogP contribution in [0.3, 0.4) is 0 Å². The summed E-state index contributed by atoms with van der Waals surface area (Å²) in [6.45, 7) is 2.30. The second-order valence-corrected chi connectivity index (χ2v) is 7.42. The molecule has 3 rings (SSSR count). The van der Waals surface area contributed by atoms with E-state index in [0.717, 1.165) is 16.3 Å². The van der Waals surface area contributed by atoms with Crippen LogP contribution in [0.25, 0.3) is 0 Å². The van der Waals surface area contributed by atoms with Gasteiger partial charge in [-0.1, -0.05) is 12.1 Å². The molecule has 0 saturated heterocycles. The molecule has 0 fully saturated rings. The lowest BCUT2D eigenvalue weighted by atomic mass is 10.1. The van der Waals surface area contributed by atoms with Gasteiger partial charge in [-0.25, -0.2) is 0 Å². The minimum atomic E-state index is -0.453. The SMILES string of the molecule is COc1ccc(N(CC(=O)Nc2cccc([N+](=O)[O-])c2C)Cc2cccs2)cc1. The number of amides is 1. The quantitative estimate of drug-likeness (QED) is 0.432. The zero-order valence-electron chi connectivity index (χ0n) is 16.1. The number of ether oxygens (including phenoxy) is 1. The van der Waals surface area contributed by atoms with Crippen LogP contribution >= 0.6 is 11.3 Å². The highest BCUT2D eigenvalue weighted by atomic mass is 32.1. The Morgan fingerprint density at radius 1 is 1.17 bits per heavy atom. The zero-order valence-corrected chi connectivity index (χ0v) is 16.9. The summed E-state index contributed by atoms with van der Waals surface area (Å²) in [5, 5.41) is 15.9. The largest absolute Gasteiger partial charge is 0.497 e. The van der Waals surface area contributed by atoms with E-state index in [9.17, 15) is 14.9 Å². The standard InChI is InChI=1S/C21H21N3O4S/c1-15-19(6-3-7-20(15)24(26)27)22-21(25)14-23(13-18-5-4-12-29-18)16-8-10-17(28-2)11-9-16/h3-12H,13-14H2,1-2H3,(H,22,25). The van der Waals surface area contributed by atoms with E-state index in [1.54, 1.807) is 37.5 Å². The number of nitrogens with one attached hydrogen (secondary N) is 1. The number of anilines is 2. The van der Waals surface area contributed by atoms with Crippen molar-refractivity contribution in [1.82, 2.24) is 0 Å². The molecule has 150 valence electrons. The minimum absolute atomic E-state index is 0.0200. The van der Waals surface area contributed by atoms with Gasteiger partial charge >= 0.3 is 0 Å². The molecule has 2 aromatic carbocycles. The zero-order chi connectivity index (χ0) is 20.8. The summed E-state index contributed by atoms with van der Waals surface area (Å²) in [4.78, 5) is 26.5. The molecule has 7 nitrogen and oxygen atoms in total. The number of benzene rings is 2. The van der Waals surface area contributed by atoms with Crippen LogP contribution in [0, 0.1) is 17.0 Å². The van der Waals surface area contributed by atoms with Crippen molar-refractivity contribution >= 4 is 34.3 Å². The van der Waals surface area contributed by atoms with E-state index in [4.69, 9.17) is 4.74 Å². The van der Waals surface area contributed by atoms with Crippen molar-refractivity contribution < 1.29 is 14.5 Å². The first kappa shape index (κ1) is 20.3. The molecular weight excluding hydrogens is 390 g/mol. The van der Waals surface area contributed by atoms with Gasteiger partial charge in [-0.2, -0.15) is 0 Å². The van der Waals surface area contributed by atoms with Crippen LogP contribution in [0.1, 0.15) is 10.4 Å². The number of carbonyl (C=O) groups excluding carboxylic acids is 1. The molecule has 1 heterocycles. The second kappa shape index (κ2) is 9.20. The molecule has 0 aliphatic carbocycles. The van der Waals surface area contributed by atoms with Crippen molar-refractivity contribution in [3.8, 4) is 5.75 Å². The first-order valence-corrected chi connectivity index (χ1v) is 9.81. The third kappa shape index (κ3) is 5.11. The number of thiophene rings is 1. The normalized spacial score (nSPS) is 10.4. The van der Waals surface area contributed by atoms with E-state index < -0.39 is 4.92 Å². The first-order chi connectivity index (χ1) is 14.0. The van der Waals surface area contributed by atoms with Crippen LogP contribution in [0.15, 0.2) is 60.0 Å². The highest BCUT2D eigenvalue weighted by molar-refractivity contribution is 7.09. The molecule has 0 atom stereocenters. The molecule has 0 aliphatic rings. The van der Waals surface area contributed by atoms with Crippen LogP contribution < -0.4 is 15.0 Å². The fraction of sp³-hybridized carbons (Fsp3) is 0.190.